The molecule has 1 radical (unpaired) electrons. The average molecular weight is 708 g/mol. The number of pyridine rings is 2. The van der Waals surface area contributed by atoms with Crippen LogP contribution in [0.15, 0.2) is 109 Å². The molecule has 2 aromatic heterocycles. The number of hydrogen-bond donors (Lipinski definition) is 0. The van der Waals surface area contributed by atoms with Gasteiger partial charge in [0, 0.05) is 44.8 Å². The normalized spacial score (nSPS) is 13.7. The molecule has 0 spiro atoms. The molecule has 0 N–H and O–H groups in total. The van der Waals surface area contributed by atoms with E-state index in [9.17, 15) is 0 Å². The molecule has 3 aromatic carbocycles. The molecule has 0 saturated carbocycles. The maximum absolute atomic E-state index is 8.48. The van der Waals surface area contributed by atoms with E-state index in [0.29, 0.717) is 11.3 Å². The van der Waals surface area contributed by atoms with Gasteiger partial charge in [0.05, 0.1) is 0 Å². The number of aromatic nitrogens is 2. The Morgan fingerprint density at radius 1 is 0.725 bits per heavy atom. The Morgan fingerprint density at radius 2 is 1.32 bits per heavy atom. The summed E-state index contributed by atoms with van der Waals surface area (Å²) in [6.07, 6.45) is 1.33. The van der Waals surface area contributed by atoms with Crippen molar-refractivity contribution in [1.82, 2.24) is 9.97 Å². The van der Waals surface area contributed by atoms with Gasteiger partial charge in [0.15, 0.2) is 0 Å². The maximum Gasteiger partial charge on any atom is 0.0321 e. The van der Waals surface area contributed by atoms with Crippen LogP contribution in [0.2, 0.25) is 0 Å². The van der Waals surface area contributed by atoms with E-state index >= 15 is 0 Å². The quantitative estimate of drug-likeness (QED) is 0.170. The first-order chi connectivity index (χ1) is 20.6. The van der Waals surface area contributed by atoms with Crippen molar-refractivity contribution in [2.24, 2.45) is 5.41 Å². The van der Waals surface area contributed by atoms with Gasteiger partial charge in [0.1, 0.15) is 0 Å². The molecule has 2 heterocycles. The smallest absolute Gasteiger partial charge is 0.0321 e. The Hall–Kier alpha value is -3.39. The number of benzene rings is 3. The molecule has 2 nitrogen and oxygen atoms in total. The molecular weight excluding hydrogens is 665 g/mol. The van der Waals surface area contributed by atoms with Crippen LogP contribution in [0.1, 0.15) is 63.7 Å². The summed E-state index contributed by atoms with van der Waals surface area (Å²) >= 11 is 0. The fourth-order valence-corrected chi connectivity index (χ4v) is 4.20. The topological polar surface area (TPSA) is 25.8 Å². The van der Waals surface area contributed by atoms with Crippen molar-refractivity contribution in [3.63, 3.8) is 0 Å². The first kappa shape index (κ1) is 24.4. The fraction of sp³-hybridized carbons (Fsp3) is 0.243. The van der Waals surface area contributed by atoms with Crippen LogP contribution < -0.4 is 0 Å². The minimum Gasteiger partial charge on any atom is -0.305 e. The second kappa shape index (κ2) is 13.8. The van der Waals surface area contributed by atoms with Crippen LogP contribution in [0, 0.1) is 24.4 Å². The van der Waals surface area contributed by atoms with Crippen molar-refractivity contribution in [3.8, 4) is 22.5 Å². The molecule has 40 heavy (non-hydrogen) atoms. The van der Waals surface area contributed by atoms with Crippen molar-refractivity contribution in [1.29, 1.82) is 0 Å². The van der Waals surface area contributed by atoms with Crippen molar-refractivity contribution in [2.45, 2.75) is 53.3 Å². The third-order valence-electron chi connectivity index (χ3n) is 6.36. The number of hydrogen-bond acceptors (Lipinski definition) is 2. The maximum atomic E-state index is 8.48. The van der Waals surface area contributed by atoms with Gasteiger partial charge in [-0.25, -0.2) is 0 Å². The molecule has 0 fully saturated rings. The molecule has 3 heteroatoms. The molecule has 5 aromatic rings. The molecule has 207 valence electrons. The Morgan fingerprint density at radius 3 is 1.88 bits per heavy atom. The van der Waals surface area contributed by atoms with E-state index < -0.39 is 18.6 Å². The summed E-state index contributed by atoms with van der Waals surface area (Å²) in [6.45, 7) is 7.34. The van der Waals surface area contributed by atoms with Crippen molar-refractivity contribution in [2.75, 3.05) is 0 Å². The largest absolute Gasteiger partial charge is 0.305 e. The van der Waals surface area contributed by atoms with Gasteiger partial charge in [-0.3, -0.25) is 0 Å². The zero-order valence-corrected chi connectivity index (χ0v) is 26.0. The fourth-order valence-electron chi connectivity index (χ4n) is 4.20. The standard InChI is InChI=1S/C20H18N.C17H20N.Ir/c1-20(2,17-11-7-4-8-12-17)18-13-14-21-19(15-18)16-9-5-3-6-10-16;1-13-12-18-16(14-8-6-5-7-9-14)10-15(13)11-17(2,3)4;/h3-9,11-15H,1-2H3;5-8,10,12H,11H2,1-4H3;/q2*-1;/i;1D3,11D2;. The SMILES string of the molecule is CC(C)(c1ccccc1)c1ccnc(-c2[c-]cccc2)c1.[2H]C([2H])([2H])c1cnc(-c2[c-]cccc2)cc1C([2H])([2H])C(C)(C)C.[Ir]. The van der Waals surface area contributed by atoms with Crippen LogP contribution in [-0.2, 0) is 31.9 Å². The number of aryl methyl sites for hydroxylation is 1. The van der Waals surface area contributed by atoms with Gasteiger partial charge in [-0.05, 0) is 52.8 Å². The van der Waals surface area contributed by atoms with Crippen LogP contribution >= 0.6 is 0 Å². The van der Waals surface area contributed by atoms with Crippen molar-refractivity contribution < 1.29 is 27.0 Å². The van der Waals surface area contributed by atoms with Gasteiger partial charge in [0.2, 0.25) is 0 Å². The van der Waals surface area contributed by atoms with Gasteiger partial charge >= 0.3 is 0 Å². The van der Waals surface area contributed by atoms with Crippen LogP contribution in [0.3, 0.4) is 0 Å². The number of nitrogens with zero attached hydrogens (tertiary/aromatic N) is 2. The third-order valence-corrected chi connectivity index (χ3v) is 6.36. The molecule has 0 aliphatic heterocycles. The molecule has 0 aliphatic carbocycles. The molecule has 0 bridgehead atoms. The van der Waals surface area contributed by atoms with Crippen LogP contribution in [0.25, 0.3) is 22.5 Å². The van der Waals surface area contributed by atoms with E-state index in [0.717, 1.165) is 11.3 Å². The van der Waals surface area contributed by atoms with Crippen LogP contribution in [0.5, 0.6) is 0 Å². The molecular formula is C37H38IrN2-2. The van der Waals surface area contributed by atoms with E-state index in [1.54, 1.807) is 32.9 Å². The summed E-state index contributed by atoms with van der Waals surface area (Å²) in [5.74, 6) is 0. The molecule has 0 atom stereocenters. The Labute approximate surface area is 261 Å². The second-order valence-corrected chi connectivity index (χ2v) is 11.0. The molecule has 5 rings (SSSR count). The summed E-state index contributed by atoms with van der Waals surface area (Å²) < 4.78 is 40.0. The van der Waals surface area contributed by atoms with E-state index in [1.807, 2.05) is 48.7 Å². The minimum atomic E-state index is -2.42. The van der Waals surface area contributed by atoms with E-state index in [-0.39, 0.29) is 36.6 Å². The van der Waals surface area contributed by atoms with E-state index in [1.165, 1.54) is 17.3 Å². The average Bonchev–Trinajstić information content (AvgIpc) is 3.01. The van der Waals surface area contributed by atoms with E-state index in [2.05, 4.69) is 78.4 Å². The van der Waals surface area contributed by atoms with Gasteiger partial charge in [-0.15, -0.1) is 71.8 Å². The summed E-state index contributed by atoms with van der Waals surface area (Å²) in [4.78, 5) is 8.70. The second-order valence-electron chi connectivity index (χ2n) is 11.0. The zero-order chi connectivity index (χ0) is 32.2. The summed E-state index contributed by atoms with van der Waals surface area (Å²) in [7, 11) is 0. The summed E-state index contributed by atoms with van der Waals surface area (Å²) in [5.41, 5.74) is 5.09. The zero-order valence-electron chi connectivity index (χ0n) is 28.6. The molecule has 0 unspecified atom stereocenters. The molecule has 0 aliphatic rings. The van der Waals surface area contributed by atoms with Crippen LogP contribution in [0.4, 0.5) is 0 Å². The van der Waals surface area contributed by atoms with E-state index in [4.69, 9.17) is 6.85 Å². The molecule has 0 amide bonds. The van der Waals surface area contributed by atoms with Crippen molar-refractivity contribution in [3.05, 3.63) is 144 Å². The van der Waals surface area contributed by atoms with Gasteiger partial charge < -0.3 is 9.97 Å². The Balaban J connectivity index is 0.000000241. The summed E-state index contributed by atoms with van der Waals surface area (Å²) in [6, 6.07) is 37.8. The molecule has 0 saturated heterocycles. The van der Waals surface area contributed by atoms with Crippen LogP contribution in [-0.4, -0.2) is 9.97 Å². The van der Waals surface area contributed by atoms with Gasteiger partial charge in [-0.1, -0.05) is 82.6 Å². The predicted octanol–water partition coefficient (Wildman–Crippen LogP) is 9.32. The van der Waals surface area contributed by atoms with Crippen molar-refractivity contribution >= 4 is 0 Å². The third kappa shape index (κ3) is 8.31. The van der Waals surface area contributed by atoms with Gasteiger partial charge in [0.25, 0.3) is 0 Å². The van der Waals surface area contributed by atoms with Gasteiger partial charge in [-0.2, -0.15) is 0 Å². The first-order valence-corrected chi connectivity index (χ1v) is 13.1. The predicted molar refractivity (Wildman–Crippen MR) is 163 cm³/mol. The Bertz CT molecular complexity index is 1660. The minimum absolute atomic E-state index is 0. The summed E-state index contributed by atoms with van der Waals surface area (Å²) in [5, 5.41) is 0. The number of rotatable bonds is 5. The first-order valence-electron chi connectivity index (χ1n) is 15.6. The Kier molecular flexibility index (Phi) is 8.42. The monoisotopic (exact) mass is 708 g/mol.